The van der Waals surface area contributed by atoms with E-state index in [0.717, 1.165) is 0 Å². The lowest BCUT2D eigenvalue weighted by atomic mass is 10.0. The van der Waals surface area contributed by atoms with E-state index < -0.39 is 31.9 Å². The predicted molar refractivity (Wildman–Crippen MR) is 100 cm³/mol. The van der Waals surface area contributed by atoms with Crippen LogP contribution in [0, 0.1) is 0 Å². The van der Waals surface area contributed by atoms with E-state index in [4.69, 9.17) is 13.8 Å². The second-order valence-corrected chi connectivity index (χ2v) is 8.33. The molecule has 3 heterocycles. The summed E-state index contributed by atoms with van der Waals surface area (Å²) in [6.45, 7) is 3.44. The summed E-state index contributed by atoms with van der Waals surface area (Å²) in [5.41, 5.74) is 0.932. The number of rotatable bonds is 9. The molecule has 2 aromatic rings. The van der Waals surface area contributed by atoms with Crippen LogP contribution in [-0.2, 0) is 18.3 Å². The normalized spacial score (nSPS) is 25.6. The lowest BCUT2D eigenvalue weighted by Crippen LogP contribution is -2.38. The maximum absolute atomic E-state index is 12.6. The van der Waals surface area contributed by atoms with E-state index in [1.807, 2.05) is 0 Å². The van der Waals surface area contributed by atoms with Gasteiger partial charge in [-0.05, 0) is 13.8 Å². The fourth-order valence-electron chi connectivity index (χ4n) is 3.39. The average Bonchev–Trinajstić information content (AvgIpc) is 3.22. The van der Waals surface area contributed by atoms with E-state index in [9.17, 15) is 19.6 Å². The van der Waals surface area contributed by atoms with Gasteiger partial charge in [-0.3, -0.25) is 9.36 Å². The Bertz CT molecular complexity index is 890. The van der Waals surface area contributed by atoms with Gasteiger partial charge in [0.15, 0.2) is 0 Å². The maximum Gasteiger partial charge on any atom is 0.356 e. The van der Waals surface area contributed by atoms with Crippen LogP contribution < -0.4 is 10.9 Å². The molecule has 1 saturated heterocycles. The summed E-state index contributed by atoms with van der Waals surface area (Å²) in [7, 11) is -3.47. The van der Waals surface area contributed by atoms with E-state index in [2.05, 4.69) is 20.3 Å². The molecule has 0 spiro atoms. The van der Waals surface area contributed by atoms with Gasteiger partial charge in [0.1, 0.15) is 29.6 Å². The summed E-state index contributed by atoms with van der Waals surface area (Å²) in [5.74, 6) is 0. The first kappa shape index (κ1) is 21.1. The van der Waals surface area contributed by atoms with Crippen LogP contribution >= 0.6 is 7.60 Å². The number of aliphatic hydroxyl groups is 2. The lowest BCUT2D eigenvalue weighted by Gasteiger charge is -2.24. The van der Waals surface area contributed by atoms with Gasteiger partial charge in [0, 0.05) is 11.8 Å². The van der Waals surface area contributed by atoms with Crippen molar-refractivity contribution in [3.8, 4) is 0 Å². The van der Waals surface area contributed by atoms with Crippen LogP contribution in [0.2, 0.25) is 0 Å². The number of aromatic nitrogens is 3. The third-order valence-corrected chi connectivity index (χ3v) is 6.34. The molecule has 28 heavy (non-hydrogen) atoms. The maximum atomic E-state index is 12.6. The molecule has 1 fully saturated rings. The highest BCUT2D eigenvalue weighted by atomic mass is 31.2. The molecule has 0 aliphatic carbocycles. The standard InChI is InChI=1S/C16H25N4O7P/c1-3-26-28(24,27-4-2)8-25-15-10(6-21)20-12(14(15)22)9-5-17-13-11(9)18-7-19-16(13)23/h5,7,10,12,14-15,17,20-22H,3-4,6,8H2,1-2H3,(H,18,19,23)/t10-,12+,14+,15-/m1/s1. The minimum Gasteiger partial charge on any atom is -0.395 e. The Morgan fingerprint density at radius 3 is 2.61 bits per heavy atom. The van der Waals surface area contributed by atoms with E-state index in [1.165, 1.54) is 6.33 Å². The van der Waals surface area contributed by atoms with Gasteiger partial charge >= 0.3 is 7.60 Å². The quantitative estimate of drug-likeness (QED) is 0.361. The van der Waals surface area contributed by atoms with Crippen molar-refractivity contribution >= 4 is 18.6 Å². The number of aliphatic hydroxyl groups excluding tert-OH is 2. The van der Waals surface area contributed by atoms with Crippen LogP contribution in [0.5, 0.6) is 0 Å². The molecule has 5 N–H and O–H groups in total. The van der Waals surface area contributed by atoms with Crippen LogP contribution in [0.15, 0.2) is 17.3 Å². The molecule has 0 amide bonds. The molecule has 4 atom stereocenters. The number of H-pyrrole nitrogens is 2. The zero-order chi connectivity index (χ0) is 20.3. The third-order valence-electron chi connectivity index (χ3n) is 4.58. The van der Waals surface area contributed by atoms with Gasteiger partial charge < -0.3 is 39.3 Å². The van der Waals surface area contributed by atoms with Gasteiger partial charge in [-0.15, -0.1) is 0 Å². The van der Waals surface area contributed by atoms with Crippen LogP contribution in [0.3, 0.4) is 0 Å². The lowest BCUT2D eigenvalue weighted by molar-refractivity contribution is -0.0261. The Labute approximate surface area is 161 Å². The predicted octanol–water partition coefficient (Wildman–Crippen LogP) is 0.226. The first-order valence-corrected chi connectivity index (χ1v) is 10.8. The molecule has 0 unspecified atom stereocenters. The van der Waals surface area contributed by atoms with Gasteiger partial charge in [-0.1, -0.05) is 0 Å². The number of aromatic amines is 2. The van der Waals surface area contributed by atoms with Gasteiger partial charge in [-0.2, -0.15) is 0 Å². The topological polar surface area (TPSA) is 159 Å². The van der Waals surface area contributed by atoms with Gasteiger partial charge in [0.25, 0.3) is 5.56 Å². The minimum absolute atomic E-state index is 0.188. The highest BCUT2D eigenvalue weighted by Gasteiger charge is 2.45. The summed E-state index contributed by atoms with van der Waals surface area (Å²) in [5, 5.41) is 23.6. The van der Waals surface area contributed by atoms with Crippen molar-refractivity contribution in [2.45, 2.75) is 38.1 Å². The molecule has 0 bridgehead atoms. The number of hydrogen-bond acceptors (Lipinski definition) is 9. The van der Waals surface area contributed by atoms with Crippen LogP contribution in [0.4, 0.5) is 0 Å². The van der Waals surface area contributed by atoms with Gasteiger partial charge in [0.2, 0.25) is 0 Å². The number of fused-ring (bicyclic) bond motifs is 1. The summed E-state index contributed by atoms with van der Waals surface area (Å²) >= 11 is 0. The van der Waals surface area contributed by atoms with E-state index in [0.29, 0.717) is 11.1 Å². The SMILES string of the molecule is CCOP(=O)(CO[C@H]1[C@@H](O)[C@H](c2c[nH]c3c(=O)[nH]cnc23)N[C@@H]1CO)OCC. The van der Waals surface area contributed by atoms with Gasteiger partial charge in [-0.25, -0.2) is 4.98 Å². The molecule has 3 rings (SSSR count). The second kappa shape index (κ2) is 8.83. The monoisotopic (exact) mass is 416 g/mol. The van der Waals surface area contributed by atoms with Crippen molar-refractivity contribution in [3.05, 3.63) is 28.4 Å². The molecule has 0 saturated carbocycles. The molecule has 11 nitrogen and oxygen atoms in total. The third kappa shape index (κ3) is 4.06. The molecule has 0 aromatic carbocycles. The molecule has 1 aliphatic heterocycles. The number of nitrogens with one attached hydrogen (secondary N) is 3. The fourth-order valence-corrected chi connectivity index (χ4v) is 4.75. The van der Waals surface area contributed by atoms with Crippen molar-refractivity contribution in [2.75, 3.05) is 26.2 Å². The van der Waals surface area contributed by atoms with E-state index in [1.54, 1.807) is 20.0 Å². The highest BCUT2D eigenvalue weighted by Crippen LogP contribution is 2.48. The number of nitrogens with zero attached hydrogens (tertiary/aromatic N) is 1. The second-order valence-electron chi connectivity index (χ2n) is 6.33. The first-order chi connectivity index (χ1) is 13.4. The highest BCUT2D eigenvalue weighted by molar-refractivity contribution is 7.53. The largest absolute Gasteiger partial charge is 0.395 e. The Kier molecular flexibility index (Phi) is 6.66. The summed E-state index contributed by atoms with van der Waals surface area (Å²) < 4.78 is 28.7. The van der Waals surface area contributed by atoms with Crippen LogP contribution in [-0.4, -0.2) is 69.6 Å². The van der Waals surface area contributed by atoms with Crippen molar-refractivity contribution in [1.29, 1.82) is 0 Å². The van der Waals surface area contributed by atoms with Crippen molar-refractivity contribution in [1.82, 2.24) is 20.3 Å². The van der Waals surface area contributed by atoms with E-state index in [-0.39, 0.29) is 37.2 Å². The smallest absolute Gasteiger partial charge is 0.356 e. The number of hydrogen-bond donors (Lipinski definition) is 5. The molecule has 0 radical (unpaired) electrons. The summed E-state index contributed by atoms with van der Waals surface area (Å²) in [4.78, 5) is 21.4. The van der Waals surface area contributed by atoms with Crippen LogP contribution in [0.1, 0.15) is 25.5 Å². The van der Waals surface area contributed by atoms with Gasteiger partial charge in [0.05, 0.1) is 38.2 Å². The van der Waals surface area contributed by atoms with Crippen molar-refractivity contribution in [3.63, 3.8) is 0 Å². The molecular formula is C16H25N4O7P. The Balaban J connectivity index is 1.81. The van der Waals surface area contributed by atoms with Crippen LogP contribution in [0.25, 0.3) is 11.0 Å². The average molecular weight is 416 g/mol. The molecule has 2 aromatic heterocycles. The fraction of sp³-hybridized carbons (Fsp3) is 0.625. The zero-order valence-corrected chi connectivity index (χ0v) is 16.5. The summed E-state index contributed by atoms with van der Waals surface area (Å²) in [6, 6.07) is -1.27. The Morgan fingerprint density at radius 1 is 1.25 bits per heavy atom. The summed E-state index contributed by atoms with van der Waals surface area (Å²) in [6.07, 6.45) is 0.551. The minimum atomic E-state index is -3.47. The molecule has 12 heteroatoms. The molecule has 1 aliphatic rings. The van der Waals surface area contributed by atoms with E-state index >= 15 is 0 Å². The first-order valence-electron chi connectivity index (χ1n) is 9.03. The number of ether oxygens (including phenoxy) is 1. The molecular weight excluding hydrogens is 391 g/mol. The zero-order valence-electron chi connectivity index (χ0n) is 15.6. The Morgan fingerprint density at radius 2 is 1.96 bits per heavy atom. The molecule has 156 valence electrons. The van der Waals surface area contributed by atoms with Crippen molar-refractivity contribution < 1.29 is 28.6 Å². The Hall–Kier alpha value is -1.59. The van der Waals surface area contributed by atoms with Crippen molar-refractivity contribution in [2.24, 2.45) is 0 Å².